The molecule has 0 spiro atoms. The molecule has 2 aromatic rings. The van der Waals surface area contributed by atoms with Crippen LogP contribution in [0.5, 0.6) is 11.5 Å². The van der Waals surface area contributed by atoms with Crippen molar-refractivity contribution < 1.29 is 19.1 Å². The zero-order valence-electron chi connectivity index (χ0n) is 12.1. The number of amides is 1. The average molecular weight is 411 g/mol. The molecule has 0 radical (unpaired) electrons. The number of hydrogen-bond donors (Lipinski definition) is 1. The predicted octanol–water partition coefficient (Wildman–Crippen LogP) is 3.48. The zero-order chi connectivity index (χ0) is 16.1. The summed E-state index contributed by atoms with van der Waals surface area (Å²) < 4.78 is 11.3. The Labute approximate surface area is 141 Å². The number of carbonyl (C=O) groups is 2. The highest BCUT2D eigenvalue weighted by Gasteiger charge is 2.11. The minimum Gasteiger partial charge on any atom is -0.496 e. The Morgan fingerprint density at radius 2 is 1.77 bits per heavy atom. The number of hydrogen-bond acceptors (Lipinski definition) is 4. The van der Waals surface area contributed by atoms with Gasteiger partial charge >= 0.3 is 5.97 Å². The van der Waals surface area contributed by atoms with Crippen molar-refractivity contribution in [3.8, 4) is 11.5 Å². The van der Waals surface area contributed by atoms with Gasteiger partial charge < -0.3 is 14.8 Å². The van der Waals surface area contributed by atoms with E-state index in [2.05, 4.69) is 27.9 Å². The van der Waals surface area contributed by atoms with E-state index in [1.54, 1.807) is 49.6 Å². The summed E-state index contributed by atoms with van der Waals surface area (Å²) in [5.41, 5.74) is 1.09. The van der Waals surface area contributed by atoms with Crippen LogP contribution in [0.25, 0.3) is 0 Å². The fraction of sp³-hybridized carbons (Fsp3) is 0.125. The molecule has 1 N–H and O–H groups in total. The van der Waals surface area contributed by atoms with Gasteiger partial charge in [-0.25, -0.2) is 4.79 Å². The molecule has 2 aromatic carbocycles. The fourth-order valence-corrected chi connectivity index (χ4v) is 2.50. The molecule has 0 aromatic heterocycles. The Morgan fingerprint density at radius 3 is 2.32 bits per heavy atom. The molecule has 0 aliphatic rings. The SMILES string of the molecule is COc1ccc(C(=O)Oc2ccc(NC(C)=O)cc2)cc1I. The van der Waals surface area contributed by atoms with Gasteiger partial charge in [-0.3, -0.25) is 4.79 Å². The standard InChI is InChI=1S/C16H14INO4/c1-10(19)18-12-4-6-13(7-5-12)22-16(20)11-3-8-15(21-2)14(17)9-11/h3-9H,1-2H3,(H,18,19). The summed E-state index contributed by atoms with van der Waals surface area (Å²) in [5.74, 6) is 0.507. The zero-order valence-corrected chi connectivity index (χ0v) is 14.2. The molecular weight excluding hydrogens is 397 g/mol. The first-order chi connectivity index (χ1) is 10.5. The van der Waals surface area contributed by atoms with Crippen LogP contribution in [0, 0.1) is 3.57 Å². The molecule has 0 aliphatic carbocycles. The highest BCUT2D eigenvalue weighted by Crippen LogP contribution is 2.23. The summed E-state index contributed by atoms with van der Waals surface area (Å²) >= 11 is 2.09. The molecule has 22 heavy (non-hydrogen) atoms. The summed E-state index contributed by atoms with van der Waals surface area (Å²) in [6.45, 7) is 1.43. The van der Waals surface area contributed by atoms with Crippen molar-refractivity contribution in [2.75, 3.05) is 12.4 Å². The Bertz CT molecular complexity index is 698. The third kappa shape index (κ3) is 4.20. The molecule has 114 valence electrons. The highest BCUT2D eigenvalue weighted by atomic mass is 127. The van der Waals surface area contributed by atoms with Gasteiger partial charge in [-0.2, -0.15) is 0 Å². The van der Waals surface area contributed by atoms with Crippen LogP contribution in [0.4, 0.5) is 5.69 Å². The summed E-state index contributed by atoms with van der Waals surface area (Å²) in [4.78, 5) is 23.0. The van der Waals surface area contributed by atoms with E-state index in [9.17, 15) is 9.59 Å². The lowest BCUT2D eigenvalue weighted by Gasteiger charge is -2.08. The predicted molar refractivity (Wildman–Crippen MR) is 91.4 cm³/mol. The number of ether oxygens (including phenoxy) is 2. The van der Waals surface area contributed by atoms with Crippen molar-refractivity contribution in [1.82, 2.24) is 0 Å². The number of halogens is 1. The highest BCUT2D eigenvalue weighted by molar-refractivity contribution is 14.1. The van der Waals surface area contributed by atoms with Gasteiger partial charge in [0.1, 0.15) is 11.5 Å². The van der Waals surface area contributed by atoms with Gasteiger partial charge in [-0.1, -0.05) is 0 Å². The third-order valence-electron chi connectivity index (χ3n) is 2.77. The first-order valence-corrected chi connectivity index (χ1v) is 7.51. The maximum Gasteiger partial charge on any atom is 0.343 e. The van der Waals surface area contributed by atoms with Crippen LogP contribution < -0.4 is 14.8 Å². The van der Waals surface area contributed by atoms with Crippen molar-refractivity contribution in [3.05, 3.63) is 51.6 Å². The van der Waals surface area contributed by atoms with Gasteiger partial charge in [0.25, 0.3) is 0 Å². The number of esters is 1. The number of nitrogens with one attached hydrogen (secondary N) is 1. The largest absolute Gasteiger partial charge is 0.496 e. The minimum absolute atomic E-state index is 0.155. The number of anilines is 1. The van der Waals surface area contributed by atoms with Crippen LogP contribution in [0.1, 0.15) is 17.3 Å². The number of benzene rings is 2. The Kier molecular flexibility index (Phi) is 5.37. The van der Waals surface area contributed by atoms with E-state index in [-0.39, 0.29) is 5.91 Å². The van der Waals surface area contributed by atoms with Crippen LogP contribution in [-0.2, 0) is 4.79 Å². The first-order valence-electron chi connectivity index (χ1n) is 6.43. The number of methoxy groups -OCH3 is 1. The maximum atomic E-state index is 12.1. The van der Waals surface area contributed by atoms with Gasteiger partial charge in [0.05, 0.1) is 16.2 Å². The molecule has 5 nitrogen and oxygen atoms in total. The van der Waals surface area contributed by atoms with Crippen LogP contribution >= 0.6 is 22.6 Å². The summed E-state index contributed by atoms with van der Waals surface area (Å²) in [7, 11) is 1.58. The molecule has 0 saturated heterocycles. The van der Waals surface area contributed by atoms with Crippen molar-refractivity contribution in [2.45, 2.75) is 6.92 Å². The molecule has 0 bridgehead atoms. The molecule has 0 heterocycles. The van der Waals surface area contributed by atoms with Crippen molar-refractivity contribution in [3.63, 3.8) is 0 Å². The molecule has 0 saturated carbocycles. The molecular formula is C16H14INO4. The lowest BCUT2D eigenvalue weighted by atomic mass is 10.2. The smallest absolute Gasteiger partial charge is 0.343 e. The lowest BCUT2D eigenvalue weighted by molar-refractivity contribution is -0.114. The van der Waals surface area contributed by atoms with E-state index in [0.29, 0.717) is 22.7 Å². The van der Waals surface area contributed by atoms with Gasteiger partial charge in [0.15, 0.2) is 0 Å². The van der Waals surface area contributed by atoms with E-state index in [1.165, 1.54) is 6.92 Å². The summed E-state index contributed by atoms with van der Waals surface area (Å²) in [5, 5.41) is 2.64. The van der Waals surface area contributed by atoms with Crippen LogP contribution in [0.15, 0.2) is 42.5 Å². The quantitative estimate of drug-likeness (QED) is 0.476. The Balaban J connectivity index is 2.08. The van der Waals surface area contributed by atoms with Gasteiger partial charge in [0.2, 0.25) is 5.91 Å². The minimum atomic E-state index is -0.451. The van der Waals surface area contributed by atoms with Gasteiger partial charge in [0, 0.05) is 12.6 Å². The summed E-state index contributed by atoms with van der Waals surface area (Å²) in [6.07, 6.45) is 0. The summed E-state index contributed by atoms with van der Waals surface area (Å²) in [6, 6.07) is 11.7. The van der Waals surface area contributed by atoms with Crippen molar-refractivity contribution >= 4 is 40.2 Å². The number of carbonyl (C=O) groups excluding carboxylic acids is 2. The normalized spacial score (nSPS) is 9.95. The van der Waals surface area contributed by atoms with Gasteiger partial charge in [-0.15, -0.1) is 0 Å². The first kappa shape index (κ1) is 16.3. The second-order valence-electron chi connectivity index (χ2n) is 4.44. The Hall–Kier alpha value is -2.09. The third-order valence-corrected chi connectivity index (χ3v) is 3.62. The van der Waals surface area contributed by atoms with E-state index >= 15 is 0 Å². The maximum absolute atomic E-state index is 12.1. The molecule has 0 aliphatic heterocycles. The second kappa shape index (κ2) is 7.26. The molecule has 1 amide bonds. The van der Waals surface area contributed by atoms with Crippen LogP contribution in [0.2, 0.25) is 0 Å². The van der Waals surface area contributed by atoms with E-state index in [1.807, 2.05) is 0 Å². The van der Waals surface area contributed by atoms with Gasteiger partial charge in [-0.05, 0) is 65.1 Å². The molecule has 0 fully saturated rings. The van der Waals surface area contributed by atoms with Crippen LogP contribution in [-0.4, -0.2) is 19.0 Å². The van der Waals surface area contributed by atoms with Crippen molar-refractivity contribution in [2.24, 2.45) is 0 Å². The second-order valence-corrected chi connectivity index (χ2v) is 5.61. The van der Waals surface area contributed by atoms with Crippen LogP contribution in [0.3, 0.4) is 0 Å². The van der Waals surface area contributed by atoms with Crippen molar-refractivity contribution in [1.29, 1.82) is 0 Å². The average Bonchev–Trinajstić information content (AvgIpc) is 2.48. The molecule has 0 atom stereocenters. The van der Waals surface area contributed by atoms with E-state index in [0.717, 1.165) is 3.57 Å². The fourth-order valence-electron chi connectivity index (χ4n) is 1.77. The lowest BCUT2D eigenvalue weighted by Crippen LogP contribution is -2.09. The molecule has 0 unspecified atom stereocenters. The monoisotopic (exact) mass is 411 g/mol. The van der Waals surface area contributed by atoms with E-state index < -0.39 is 5.97 Å². The topological polar surface area (TPSA) is 64.6 Å². The van der Waals surface area contributed by atoms with E-state index in [4.69, 9.17) is 9.47 Å². The molecule has 2 rings (SSSR count). The molecule has 6 heteroatoms. The Morgan fingerprint density at radius 1 is 1.09 bits per heavy atom. The number of rotatable bonds is 4.